The van der Waals surface area contributed by atoms with Crippen molar-refractivity contribution in [2.75, 3.05) is 0 Å². The van der Waals surface area contributed by atoms with E-state index in [2.05, 4.69) is 97.1 Å². The Hall–Kier alpha value is -5.73. The summed E-state index contributed by atoms with van der Waals surface area (Å²) in [5.41, 5.74) is 8.77. The molecule has 0 saturated carbocycles. The second kappa shape index (κ2) is 25.0. The Morgan fingerprint density at radius 1 is 0.235 bits per heavy atom. The minimum atomic E-state index is -0.195. The average Bonchev–Trinajstić information content (AvgIpc) is 4.15. The van der Waals surface area contributed by atoms with Gasteiger partial charge in [0.1, 0.15) is 23.3 Å². The number of hydrogen-bond acceptors (Lipinski definition) is 0. The smallest absolute Gasteiger partial charge is 1.00 e. The van der Waals surface area contributed by atoms with Crippen molar-refractivity contribution in [1.82, 2.24) is 0 Å². The fourth-order valence-corrected chi connectivity index (χ4v) is 7.84. The van der Waals surface area contributed by atoms with Crippen LogP contribution in [0.2, 0.25) is 0 Å². The minimum Gasteiger partial charge on any atom is -1.00 e. The van der Waals surface area contributed by atoms with Gasteiger partial charge in [-0.25, -0.2) is 17.6 Å². The van der Waals surface area contributed by atoms with E-state index in [9.17, 15) is 17.6 Å². The van der Waals surface area contributed by atoms with Crippen molar-refractivity contribution in [2.45, 2.75) is 0 Å². The third-order valence-electron chi connectivity index (χ3n) is 11.2. The minimum absolute atomic E-state index is 0. The zero-order valence-electron chi connectivity index (χ0n) is 36.4. The molecule has 12 aromatic carbocycles. The van der Waals surface area contributed by atoms with Crippen molar-refractivity contribution >= 4 is 43.1 Å². The molecule has 12 rings (SSSR count). The summed E-state index contributed by atoms with van der Waals surface area (Å²) < 4.78 is 51.2. The molecule has 0 fully saturated rings. The van der Waals surface area contributed by atoms with E-state index in [1.165, 1.54) is 91.6 Å². The molecule has 0 aliphatic rings. The average molecular weight is 1090 g/mol. The van der Waals surface area contributed by atoms with Crippen molar-refractivity contribution in [3.8, 4) is 44.5 Å². The van der Waals surface area contributed by atoms with Crippen LogP contribution in [0.1, 0.15) is 0 Å². The summed E-state index contributed by atoms with van der Waals surface area (Å²) in [5, 5.41) is 9.79. The van der Waals surface area contributed by atoms with Gasteiger partial charge in [0, 0.05) is 0 Å². The number of hydrogen-bond donors (Lipinski definition) is 0. The monoisotopic (exact) mass is 1090 g/mol. The molecule has 0 saturated heterocycles. The molecule has 8 heteroatoms. The first-order chi connectivity index (χ1) is 31.3. The number of rotatable bonds is 4. The van der Waals surface area contributed by atoms with Gasteiger partial charge in [-0.05, 0) is 48.5 Å². The molecule has 0 unspecified atom stereocenters. The van der Waals surface area contributed by atoms with Crippen LogP contribution in [0.25, 0.3) is 87.6 Å². The summed E-state index contributed by atoms with van der Waals surface area (Å²) in [6.07, 6.45) is 0. The molecule has 12 aromatic rings. The van der Waals surface area contributed by atoms with Crippen LogP contribution in [-0.4, -0.2) is 0 Å². The molecule has 0 nitrogen and oxygen atoms in total. The maximum absolute atomic E-state index is 12.8. The van der Waals surface area contributed by atoms with Crippen LogP contribution < -0.4 is 24.8 Å². The van der Waals surface area contributed by atoms with E-state index in [-0.39, 0.29) is 100 Å². The molecule has 0 bridgehead atoms. The van der Waals surface area contributed by atoms with Crippen molar-refractivity contribution in [2.24, 2.45) is 0 Å². The SMILES string of the molecule is Fc1ccc(-c2cc3ccccc3[cH-]2)cc1.Fc1ccc(-c2cc3ccccc3[cH-]2)cc1.Fc1ccc(-c2cc3ccccc3[cH-]2)cc1.Fc1ccc(-c2cc3ccccc3[cH-]2)cc1.[Cl-].[Cl-].[Zr+2].[Zr+2]. The Morgan fingerprint density at radius 3 is 0.588 bits per heavy atom. The molecule has 0 aromatic heterocycles. The summed E-state index contributed by atoms with van der Waals surface area (Å²) in [6, 6.07) is 76.3. The zero-order chi connectivity index (χ0) is 43.8. The van der Waals surface area contributed by atoms with E-state index < -0.39 is 0 Å². The van der Waals surface area contributed by atoms with Crippen LogP contribution in [0.4, 0.5) is 17.6 Å². The van der Waals surface area contributed by atoms with Gasteiger partial charge in [0.05, 0.1) is 0 Å². The van der Waals surface area contributed by atoms with Crippen LogP contribution >= 0.6 is 0 Å². The molecule has 332 valence electrons. The first kappa shape index (κ1) is 53.2. The maximum atomic E-state index is 12.8. The zero-order valence-corrected chi connectivity index (χ0v) is 42.8. The van der Waals surface area contributed by atoms with Gasteiger partial charge in [-0.15, -0.1) is 138 Å². The van der Waals surface area contributed by atoms with Crippen molar-refractivity contribution in [1.29, 1.82) is 0 Å². The van der Waals surface area contributed by atoms with E-state index in [1.807, 2.05) is 97.1 Å². The number of fused-ring (bicyclic) bond motifs is 4. The predicted octanol–water partition coefficient (Wildman–Crippen LogP) is 11.5. The van der Waals surface area contributed by atoms with Gasteiger partial charge in [-0.3, -0.25) is 0 Å². The summed E-state index contributed by atoms with van der Waals surface area (Å²) in [6.45, 7) is 0. The Morgan fingerprint density at radius 2 is 0.412 bits per heavy atom. The van der Waals surface area contributed by atoms with Crippen LogP contribution in [0.3, 0.4) is 0 Å². The molecular formula is C60H40Cl2F4Zr2-2. The van der Waals surface area contributed by atoms with E-state index >= 15 is 0 Å². The van der Waals surface area contributed by atoms with Gasteiger partial charge in [0.25, 0.3) is 0 Å². The molecule has 0 radical (unpaired) electrons. The largest absolute Gasteiger partial charge is 2.00 e. The topological polar surface area (TPSA) is 0 Å². The normalized spacial score (nSPS) is 10.2. The van der Waals surface area contributed by atoms with Crippen molar-refractivity contribution < 1.29 is 94.8 Å². The van der Waals surface area contributed by atoms with Gasteiger partial charge < -0.3 is 24.8 Å². The molecule has 68 heavy (non-hydrogen) atoms. The standard InChI is InChI=1S/4C15H10F.2ClH.2Zr/c4*16-15-7-5-11(6-8-15)14-9-12-3-1-2-4-13(12)10-14;;;;/h4*1-10H;2*1H;;/q4*-1;;;2*+2/p-2. The molecule has 0 N–H and O–H groups in total. The third kappa shape index (κ3) is 13.3. The molecule has 0 amide bonds. The van der Waals surface area contributed by atoms with E-state index in [1.54, 1.807) is 0 Å². The van der Waals surface area contributed by atoms with Gasteiger partial charge >= 0.3 is 52.4 Å². The Bertz CT molecular complexity index is 2820. The number of halogens is 6. The third-order valence-corrected chi connectivity index (χ3v) is 11.2. The van der Waals surface area contributed by atoms with E-state index in [0.717, 1.165) is 44.5 Å². The molecular weight excluding hydrogens is 1050 g/mol. The first-order valence-electron chi connectivity index (χ1n) is 21.0. The van der Waals surface area contributed by atoms with Crippen LogP contribution in [0.15, 0.2) is 243 Å². The predicted molar refractivity (Wildman–Crippen MR) is 260 cm³/mol. The fraction of sp³-hybridized carbons (Fsp3) is 0. The Labute approximate surface area is 444 Å². The van der Waals surface area contributed by atoms with E-state index in [0.29, 0.717) is 0 Å². The van der Waals surface area contributed by atoms with Gasteiger partial charge in [-0.1, -0.05) is 144 Å². The van der Waals surface area contributed by atoms with Gasteiger partial charge in [0.15, 0.2) is 0 Å². The van der Waals surface area contributed by atoms with Crippen LogP contribution in [-0.2, 0) is 52.4 Å². The summed E-state index contributed by atoms with van der Waals surface area (Å²) in [4.78, 5) is 0. The van der Waals surface area contributed by atoms with E-state index in [4.69, 9.17) is 0 Å². The second-order valence-corrected chi connectivity index (χ2v) is 15.5. The molecule has 0 atom stereocenters. The first-order valence-corrected chi connectivity index (χ1v) is 21.0. The summed E-state index contributed by atoms with van der Waals surface area (Å²) in [7, 11) is 0. The van der Waals surface area contributed by atoms with Gasteiger partial charge in [0.2, 0.25) is 0 Å². The summed E-state index contributed by atoms with van der Waals surface area (Å²) >= 11 is 0. The van der Waals surface area contributed by atoms with Gasteiger partial charge in [-0.2, -0.15) is 0 Å². The Kier molecular flexibility index (Phi) is 19.6. The maximum Gasteiger partial charge on any atom is 2.00 e. The molecule has 0 aliphatic heterocycles. The van der Waals surface area contributed by atoms with Crippen molar-refractivity contribution in [3.63, 3.8) is 0 Å². The second-order valence-electron chi connectivity index (χ2n) is 15.5. The fourth-order valence-electron chi connectivity index (χ4n) is 7.84. The van der Waals surface area contributed by atoms with Crippen LogP contribution in [0.5, 0.6) is 0 Å². The summed E-state index contributed by atoms with van der Waals surface area (Å²) in [5.74, 6) is -0.778. The van der Waals surface area contributed by atoms with Crippen LogP contribution in [0, 0.1) is 23.3 Å². The molecule has 0 spiro atoms. The molecule has 0 heterocycles. The quantitative estimate of drug-likeness (QED) is 0.122. The molecule has 0 aliphatic carbocycles. The van der Waals surface area contributed by atoms with Crippen molar-refractivity contribution in [3.05, 3.63) is 266 Å². The number of benzene rings is 8. The Balaban J connectivity index is 0.000000166.